The molecule has 7 heteroatoms. The van der Waals surface area contributed by atoms with Crippen LogP contribution in [0, 0.1) is 17.7 Å². The van der Waals surface area contributed by atoms with Gasteiger partial charge in [0.25, 0.3) is 0 Å². The molecule has 3 aliphatic rings. The molecule has 0 unspecified atom stereocenters. The molecule has 1 saturated heterocycles. The molecule has 1 spiro atoms. The van der Waals surface area contributed by atoms with E-state index in [1.54, 1.807) is 24.3 Å². The van der Waals surface area contributed by atoms with Gasteiger partial charge in [0.05, 0.1) is 11.1 Å². The van der Waals surface area contributed by atoms with Crippen molar-refractivity contribution in [3.8, 4) is 0 Å². The number of nitrogens with one attached hydrogen (secondary N) is 2. The minimum Gasteiger partial charge on any atom is -0.325 e. The Labute approximate surface area is 216 Å². The number of Topliss-reactive ketones (excluding diaryl/α,β-unsaturated/α-hetero) is 1. The van der Waals surface area contributed by atoms with Gasteiger partial charge < -0.3 is 10.6 Å². The van der Waals surface area contributed by atoms with Crippen LogP contribution in [0.1, 0.15) is 69.9 Å². The maximum atomic E-state index is 15.6. The number of hydrogen-bond acceptors (Lipinski definition) is 3. The third-order valence-electron chi connectivity index (χ3n) is 8.60. The largest absolute Gasteiger partial charge is 0.325 e. The summed E-state index contributed by atoms with van der Waals surface area (Å²) in [7, 11) is 0. The minimum absolute atomic E-state index is 0.0223. The summed E-state index contributed by atoms with van der Waals surface area (Å²) in [4.78, 5) is 27.8. The van der Waals surface area contributed by atoms with E-state index in [2.05, 4.69) is 17.6 Å². The monoisotopic (exact) mass is 516 g/mol. The second-order valence-electron chi connectivity index (χ2n) is 11.1. The number of anilines is 1. The lowest BCUT2D eigenvalue weighted by atomic mass is 9.60. The zero-order valence-electron chi connectivity index (χ0n) is 20.3. The Bertz CT molecular complexity index is 1190. The summed E-state index contributed by atoms with van der Waals surface area (Å²) < 4.78 is 15.6. The standard InChI is InChI=1S/C28H31Cl2FN2O2/c1-15-7-9-16(10-8-15)13-22(34)25-23(18-5-4-6-20(30)24(18)31)28(27(2,3)33-25)19-12-11-17(29)14-21(19)32-26(28)35/h4-6,11-12,14-16,23,25,33H,7-10,13H2,1-3H3,(H,32,35)/t15?,16?,23-,25-,28+/m0/s1. The molecule has 3 atom stereocenters. The number of carbonyl (C=O) groups is 2. The van der Waals surface area contributed by atoms with Gasteiger partial charge in [-0.3, -0.25) is 9.59 Å². The molecule has 35 heavy (non-hydrogen) atoms. The molecule has 2 heterocycles. The normalized spacial score (nSPS) is 31.4. The van der Waals surface area contributed by atoms with E-state index < -0.39 is 28.7 Å². The molecule has 1 saturated carbocycles. The number of halogens is 3. The maximum absolute atomic E-state index is 15.6. The quantitative estimate of drug-likeness (QED) is 0.478. The summed E-state index contributed by atoms with van der Waals surface area (Å²) in [6.45, 7) is 6.09. The number of ketones is 1. The highest BCUT2D eigenvalue weighted by Crippen LogP contribution is 2.59. The topological polar surface area (TPSA) is 58.2 Å². The van der Waals surface area contributed by atoms with Gasteiger partial charge in [-0.05, 0) is 67.9 Å². The molecule has 1 amide bonds. The zero-order valence-corrected chi connectivity index (χ0v) is 21.8. The SMILES string of the molecule is CC1CCC(CC(=O)[C@@H]2NC(C)(C)[C@@]3(C(=O)Nc4cc(Cl)ccc43)[C@H]2c2cccc(Cl)c2F)CC1. The van der Waals surface area contributed by atoms with Crippen LogP contribution in [-0.2, 0) is 15.0 Å². The number of hydrogen-bond donors (Lipinski definition) is 2. The number of benzene rings is 2. The molecule has 0 aromatic heterocycles. The summed E-state index contributed by atoms with van der Waals surface area (Å²) in [6.07, 6.45) is 4.70. The third-order valence-corrected chi connectivity index (χ3v) is 9.13. The van der Waals surface area contributed by atoms with Crippen LogP contribution in [0.2, 0.25) is 10.0 Å². The molecule has 2 aliphatic heterocycles. The Balaban J connectivity index is 1.65. The van der Waals surface area contributed by atoms with Crippen LogP contribution >= 0.6 is 23.2 Å². The predicted molar refractivity (Wildman–Crippen MR) is 138 cm³/mol. The van der Waals surface area contributed by atoms with E-state index in [0.717, 1.165) is 31.2 Å². The first kappa shape index (κ1) is 24.7. The first-order chi connectivity index (χ1) is 16.6. The van der Waals surface area contributed by atoms with Crippen molar-refractivity contribution in [3.63, 3.8) is 0 Å². The summed E-state index contributed by atoms with van der Waals surface area (Å²) in [5.74, 6) is -0.598. The molecule has 0 bridgehead atoms. The summed E-state index contributed by atoms with van der Waals surface area (Å²) in [5.41, 5.74) is -0.476. The second-order valence-corrected chi connectivity index (χ2v) is 12.0. The molecule has 2 N–H and O–H groups in total. The van der Waals surface area contributed by atoms with Gasteiger partial charge in [-0.25, -0.2) is 4.39 Å². The molecule has 4 nitrogen and oxygen atoms in total. The molecule has 186 valence electrons. The average molecular weight is 517 g/mol. The van der Waals surface area contributed by atoms with Crippen LogP contribution in [0.3, 0.4) is 0 Å². The van der Waals surface area contributed by atoms with Crippen LogP contribution in [0.15, 0.2) is 36.4 Å². The zero-order chi connectivity index (χ0) is 25.1. The van der Waals surface area contributed by atoms with E-state index in [-0.39, 0.29) is 22.3 Å². The van der Waals surface area contributed by atoms with Gasteiger partial charge in [-0.15, -0.1) is 0 Å². The lowest BCUT2D eigenvalue weighted by molar-refractivity contribution is -0.123. The number of rotatable bonds is 4. The van der Waals surface area contributed by atoms with E-state index >= 15 is 4.39 Å². The van der Waals surface area contributed by atoms with Crippen molar-refractivity contribution in [2.24, 2.45) is 11.8 Å². The number of carbonyl (C=O) groups excluding carboxylic acids is 2. The highest BCUT2D eigenvalue weighted by molar-refractivity contribution is 6.31. The van der Waals surface area contributed by atoms with Crippen molar-refractivity contribution >= 4 is 40.6 Å². The van der Waals surface area contributed by atoms with E-state index in [0.29, 0.717) is 29.0 Å². The predicted octanol–water partition coefficient (Wildman–Crippen LogP) is 6.64. The van der Waals surface area contributed by atoms with E-state index in [1.165, 1.54) is 6.07 Å². The van der Waals surface area contributed by atoms with Crippen LogP contribution in [0.4, 0.5) is 10.1 Å². The molecule has 5 rings (SSSR count). The third kappa shape index (κ3) is 3.82. The van der Waals surface area contributed by atoms with Crippen molar-refractivity contribution in [1.29, 1.82) is 0 Å². The highest BCUT2D eigenvalue weighted by atomic mass is 35.5. The van der Waals surface area contributed by atoms with Crippen LogP contribution in [0.5, 0.6) is 0 Å². The van der Waals surface area contributed by atoms with Gasteiger partial charge in [0.1, 0.15) is 11.2 Å². The van der Waals surface area contributed by atoms with Crippen LogP contribution in [-0.4, -0.2) is 23.3 Å². The average Bonchev–Trinajstić information content (AvgIpc) is 3.23. The highest BCUT2D eigenvalue weighted by Gasteiger charge is 2.69. The molecular weight excluding hydrogens is 486 g/mol. The van der Waals surface area contributed by atoms with Gasteiger partial charge in [-0.1, -0.05) is 61.2 Å². The van der Waals surface area contributed by atoms with Crippen molar-refractivity contribution in [2.75, 3.05) is 5.32 Å². The van der Waals surface area contributed by atoms with E-state index in [9.17, 15) is 9.59 Å². The number of fused-ring (bicyclic) bond motifs is 2. The second kappa shape index (κ2) is 8.86. The molecule has 1 aliphatic carbocycles. The lowest BCUT2D eigenvalue weighted by Crippen LogP contribution is -2.55. The smallest absolute Gasteiger partial charge is 0.237 e. The summed E-state index contributed by atoms with van der Waals surface area (Å²) >= 11 is 12.5. The molecule has 0 radical (unpaired) electrons. The van der Waals surface area contributed by atoms with Gasteiger partial charge >= 0.3 is 0 Å². The minimum atomic E-state index is -1.22. The fourth-order valence-corrected chi connectivity index (χ4v) is 7.20. The Morgan fingerprint density at radius 1 is 1.11 bits per heavy atom. The van der Waals surface area contributed by atoms with Crippen molar-refractivity contribution in [3.05, 3.63) is 63.4 Å². The Kier molecular flexibility index (Phi) is 6.26. The first-order valence-electron chi connectivity index (χ1n) is 12.4. The first-order valence-corrected chi connectivity index (χ1v) is 13.2. The molecule has 2 aromatic carbocycles. The fourth-order valence-electron chi connectivity index (χ4n) is 6.85. The van der Waals surface area contributed by atoms with Gasteiger partial charge in [-0.2, -0.15) is 0 Å². The number of amides is 1. The molecule has 2 aromatic rings. The Morgan fingerprint density at radius 3 is 2.54 bits per heavy atom. The van der Waals surface area contributed by atoms with Gasteiger partial charge in [0.2, 0.25) is 5.91 Å². The van der Waals surface area contributed by atoms with Crippen LogP contribution in [0.25, 0.3) is 0 Å². The van der Waals surface area contributed by atoms with Crippen molar-refractivity contribution in [2.45, 2.75) is 75.8 Å². The summed E-state index contributed by atoms with van der Waals surface area (Å²) in [6, 6.07) is 9.36. The van der Waals surface area contributed by atoms with Crippen molar-refractivity contribution < 1.29 is 14.0 Å². The molecule has 2 fully saturated rings. The van der Waals surface area contributed by atoms with Crippen molar-refractivity contribution in [1.82, 2.24) is 5.32 Å². The molecular formula is C28H31Cl2FN2O2. The van der Waals surface area contributed by atoms with Gasteiger partial charge in [0.15, 0.2) is 5.78 Å². The van der Waals surface area contributed by atoms with Crippen LogP contribution < -0.4 is 10.6 Å². The Morgan fingerprint density at radius 2 is 1.83 bits per heavy atom. The maximum Gasteiger partial charge on any atom is 0.237 e. The summed E-state index contributed by atoms with van der Waals surface area (Å²) in [5, 5.41) is 6.94. The Hall–Kier alpha value is -1.95. The lowest BCUT2D eigenvalue weighted by Gasteiger charge is -2.40. The fraction of sp³-hybridized carbons (Fsp3) is 0.500. The van der Waals surface area contributed by atoms with E-state index in [4.69, 9.17) is 23.2 Å². The van der Waals surface area contributed by atoms with E-state index in [1.807, 2.05) is 19.9 Å². The van der Waals surface area contributed by atoms with Gasteiger partial charge in [0, 0.05) is 28.6 Å².